The minimum atomic E-state index is -0.920. The van der Waals surface area contributed by atoms with E-state index in [-0.39, 0.29) is 17.8 Å². The number of hydrogen-bond acceptors (Lipinski definition) is 8. The van der Waals surface area contributed by atoms with Gasteiger partial charge in [0.1, 0.15) is 16.3 Å². The molecule has 0 spiro atoms. The van der Waals surface area contributed by atoms with E-state index in [9.17, 15) is 9.59 Å². The highest BCUT2D eigenvalue weighted by atomic mass is 32.1. The maximum absolute atomic E-state index is 14.3. The van der Waals surface area contributed by atoms with Crippen LogP contribution in [-0.2, 0) is 24.2 Å². The summed E-state index contributed by atoms with van der Waals surface area (Å²) in [4.78, 5) is 34.2. The first-order valence-corrected chi connectivity index (χ1v) is 16.7. The standard InChI is InChI=1S/C38H39N3O6S/c1-6-46-38(43)47-33-23-41(21-26-11-7-10-14-32(26)45-5)37-34(35(33)42)30(36(48-37)25-15-17-27(44-4)18-16-25)22-40(3)20-19-28-24(2)39-31-13-9-8-12-29(28)31/h7-18,23,39H,6,19-22H2,1-5H3. The van der Waals surface area contributed by atoms with Crippen molar-refractivity contribution in [3.8, 4) is 27.7 Å². The summed E-state index contributed by atoms with van der Waals surface area (Å²) in [6, 6.07) is 23.9. The summed E-state index contributed by atoms with van der Waals surface area (Å²) in [5.41, 5.74) is 5.95. The first-order valence-electron chi connectivity index (χ1n) is 15.9. The topological polar surface area (TPSA) is 95.0 Å². The molecule has 3 aromatic carbocycles. The van der Waals surface area contributed by atoms with Crippen LogP contribution in [0.5, 0.6) is 17.2 Å². The van der Waals surface area contributed by atoms with Crippen molar-refractivity contribution in [1.29, 1.82) is 0 Å². The minimum Gasteiger partial charge on any atom is -0.497 e. The van der Waals surface area contributed by atoms with Crippen LogP contribution in [-0.4, -0.2) is 55.0 Å². The van der Waals surface area contributed by atoms with Crippen molar-refractivity contribution in [2.24, 2.45) is 0 Å². The van der Waals surface area contributed by atoms with Gasteiger partial charge in [0.2, 0.25) is 5.43 Å². The van der Waals surface area contributed by atoms with Gasteiger partial charge in [-0.15, -0.1) is 11.3 Å². The number of carbonyl (C=O) groups excluding carboxylic acids is 1. The van der Waals surface area contributed by atoms with Crippen molar-refractivity contribution in [3.63, 3.8) is 0 Å². The third-order valence-electron chi connectivity index (χ3n) is 8.51. The van der Waals surface area contributed by atoms with Crippen LogP contribution in [0.4, 0.5) is 4.79 Å². The van der Waals surface area contributed by atoms with Crippen LogP contribution < -0.4 is 19.6 Å². The third kappa shape index (κ3) is 6.67. The smallest absolute Gasteiger partial charge is 0.497 e. The van der Waals surface area contributed by atoms with Crippen LogP contribution in [0.3, 0.4) is 0 Å². The molecule has 6 aromatic rings. The Kier molecular flexibility index (Phi) is 9.84. The fraction of sp³-hybridized carbons (Fsp3) is 0.263. The fourth-order valence-electron chi connectivity index (χ4n) is 6.15. The predicted molar refractivity (Wildman–Crippen MR) is 191 cm³/mol. The Bertz CT molecular complexity index is 2130. The van der Waals surface area contributed by atoms with Gasteiger partial charge in [0, 0.05) is 40.1 Å². The quantitative estimate of drug-likeness (QED) is 0.133. The van der Waals surface area contributed by atoms with E-state index >= 15 is 0 Å². The zero-order chi connectivity index (χ0) is 33.8. The molecule has 9 nitrogen and oxygen atoms in total. The Balaban J connectivity index is 1.47. The van der Waals surface area contributed by atoms with Gasteiger partial charge in [-0.1, -0.05) is 36.4 Å². The van der Waals surface area contributed by atoms with Crippen molar-refractivity contribution in [3.05, 3.63) is 112 Å². The summed E-state index contributed by atoms with van der Waals surface area (Å²) in [5.74, 6) is 1.37. The molecule has 10 heteroatoms. The molecule has 1 N–H and O–H groups in total. The Morgan fingerprint density at radius 3 is 2.44 bits per heavy atom. The lowest BCUT2D eigenvalue weighted by Gasteiger charge is -2.18. The SMILES string of the molecule is CCOC(=O)Oc1cn(Cc2ccccc2OC)c2sc(-c3ccc(OC)cc3)c(CN(C)CCc3c(C)[nH]c4ccccc34)c2c1=O. The molecular formula is C38H39N3O6S. The Labute approximate surface area is 283 Å². The molecule has 0 saturated carbocycles. The molecule has 0 atom stereocenters. The van der Waals surface area contributed by atoms with E-state index in [1.165, 1.54) is 10.9 Å². The van der Waals surface area contributed by atoms with E-state index in [0.717, 1.165) is 62.1 Å². The summed E-state index contributed by atoms with van der Waals surface area (Å²) in [5, 5.41) is 1.74. The number of fused-ring (bicyclic) bond motifs is 2. The molecule has 0 radical (unpaired) electrons. The summed E-state index contributed by atoms with van der Waals surface area (Å²) >= 11 is 1.54. The van der Waals surface area contributed by atoms with Gasteiger partial charge >= 0.3 is 6.16 Å². The number of hydrogen-bond donors (Lipinski definition) is 1. The van der Waals surface area contributed by atoms with Gasteiger partial charge in [-0.05, 0) is 80.4 Å². The van der Waals surface area contributed by atoms with Gasteiger partial charge in [0.05, 0.1) is 39.0 Å². The lowest BCUT2D eigenvalue weighted by molar-refractivity contribution is 0.104. The number of aryl methyl sites for hydroxylation is 1. The number of nitrogens with one attached hydrogen (secondary N) is 1. The largest absolute Gasteiger partial charge is 0.514 e. The average Bonchev–Trinajstić information content (AvgIpc) is 3.63. The first-order chi connectivity index (χ1) is 23.3. The molecule has 0 saturated heterocycles. The number of aromatic amines is 1. The molecule has 0 amide bonds. The maximum atomic E-state index is 14.3. The lowest BCUT2D eigenvalue weighted by atomic mass is 10.0. The van der Waals surface area contributed by atoms with Crippen LogP contribution in [0.15, 0.2) is 83.8 Å². The molecule has 6 rings (SSSR count). The van der Waals surface area contributed by atoms with Crippen molar-refractivity contribution in [2.75, 3.05) is 34.4 Å². The highest BCUT2D eigenvalue weighted by Crippen LogP contribution is 2.40. The molecule has 0 fully saturated rings. The second-order valence-electron chi connectivity index (χ2n) is 11.6. The number of ether oxygens (including phenoxy) is 4. The number of para-hydroxylation sites is 2. The van der Waals surface area contributed by atoms with Crippen molar-refractivity contribution in [2.45, 2.75) is 33.4 Å². The second-order valence-corrected chi connectivity index (χ2v) is 12.6. The first kappa shape index (κ1) is 32.9. The van der Waals surface area contributed by atoms with Crippen LogP contribution >= 0.6 is 11.3 Å². The predicted octanol–water partition coefficient (Wildman–Crippen LogP) is 7.80. The van der Waals surface area contributed by atoms with E-state index in [4.69, 9.17) is 18.9 Å². The number of pyridine rings is 1. The molecular weight excluding hydrogens is 627 g/mol. The number of rotatable bonds is 12. The Morgan fingerprint density at radius 1 is 0.938 bits per heavy atom. The molecule has 248 valence electrons. The number of H-pyrrole nitrogens is 1. The maximum Gasteiger partial charge on any atom is 0.514 e. The number of likely N-dealkylation sites (N-methyl/N-ethyl adjacent to an activating group) is 1. The molecule has 0 aliphatic carbocycles. The van der Waals surface area contributed by atoms with E-state index in [0.29, 0.717) is 18.5 Å². The molecule has 0 aliphatic heterocycles. The zero-order valence-electron chi connectivity index (χ0n) is 27.8. The lowest BCUT2D eigenvalue weighted by Crippen LogP contribution is -2.23. The van der Waals surface area contributed by atoms with Crippen LogP contribution in [0.1, 0.15) is 29.3 Å². The third-order valence-corrected chi connectivity index (χ3v) is 9.83. The Hall–Kier alpha value is -5.06. The molecule has 0 unspecified atom stereocenters. The van der Waals surface area contributed by atoms with Crippen molar-refractivity contribution < 1.29 is 23.7 Å². The number of benzene rings is 3. The van der Waals surface area contributed by atoms with Gasteiger partial charge in [0.15, 0.2) is 5.75 Å². The summed E-state index contributed by atoms with van der Waals surface area (Å²) in [7, 11) is 5.34. The number of thiophene rings is 1. The van der Waals surface area contributed by atoms with Crippen LogP contribution in [0.25, 0.3) is 31.6 Å². The number of nitrogens with zero attached hydrogens (tertiary/aromatic N) is 2. The van der Waals surface area contributed by atoms with Gasteiger partial charge in [-0.3, -0.25) is 4.79 Å². The van der Waals surface area contributed by atoms with E-state index in [2.05, 4.69) is 42.1 Å². The normalized spacial score (nSPS) is 11.4. The highest BCUT2D eigenvalue weighted by Gasteiger charge is 2.24. The van der Waals surface area contributed by atoms with Crippen molar-refractivity contribution in [1.82, 2.24) is 14.5 Å². The summed E-state index contributed by atoms with van der Waals surface area (Å²) in [6.45, 7) is 5.57. The van der Waals surface area contributed by atoms with Crippen LogP contribution in [0, 0.1) is 6.92 Å². The Morgan fingerprint density at radius 2 is 1.69 bits per heavy atom. The van der Waals surface area contributed by atoms with E-state index in [1.54, 1.807) is 38.7 Å². The molecule has 0 aliphatic rings. The van der Waals surface area contributed by atoms with Gasteiger partial charge < -0.3 is 33.4 Å². The van der Waals surface area contributed by atoms with Gasteiger partial charge in [0.25, 0.3) is 0 Å². The fourth-order valence-corrected chi connectivity index (χ4v) is 7.44. The monoisotopic (exact) mass is 665 g/mol. The molecule has 48 heavy (non-hydrogen) atoms. The molecule has 0 bridgehead atoms. The average molecular weight is 666 g/mol. The highest BCUT2D eigenvalue weighted by molar-refractivity contribution is 7.22. The zero-order valence-corrected chi connectivity index (χ0v) is 28.6. The van der Waals surface area contributed by atoms with Gasteiger partial charge in [-0.25, -0.2) is 4.79 Å². The number of carbonyl (C=O) groups is 1. The van der Waals surface area contributed by atoms with Crippen LogP contribution in [0.2, 0.25) is 0 Å². The van der Waals surface area contributed by atoms with Crippen molar-refractivity contribution >= 4 is 38.6 Å². The second kappa shape index (κ2) is 14.4. The van der Waals surface area contributed by atoms with E-state index < -0.39 is 6.16 Å². The molecule has 3 aromatic heterocycles. The number of methoxy groups -OCH3 is 2. The summed E-state index contributed by atoms with van der Waals surface area (Å²) in [6.07, 6.45) is 1.51. The van der Waals surface area contributed by atoms with E-state index in [1.807, 2.05) is 59.2 Å². The summed E-state index contributed by atoms with van der Waals surface area (Å²) < 4.78 is 23.6. The minimum absolute atomic E-state index is 0.0896. The van der Waals surface area contributed by atoms with Gasteiger partial charge in [-0.2, -0.15) is 0 Å². The number of aromatic nitrogens is 2. The molecule has 3 heterocycles.